The number of esters is 1. The van der Waals surface area contributed by atoms with E-state index in [0.29, 0.717) is 20.6 Å². The van der Waals surface area contributed by atoms with Crippen LogP contribution in [0.15, 0.2) is 69.7 Å². The van der Waals surface area contributed by atoms with Gasteiger partial charge in [-0.25, -0.2) is 9.79 Å². The quantitative estimate of drug-likeness (QED) is 0.690. The lowest BCUT2D eigenvalue weighted by Crippen LogP contribution is -2.39. The monoisotopic (exact) mass is 393 g/mol. The molecule has 0 radical (unpaired) electrons. The van der Waals surface area contributed by atoms with E-state index in [0.717, 1.165) is 11.3 Å². The minimum atomic E-state index is -0.567. The Labute approximate surface area is 165 Å². The van der Waals surface area contributed by atoms with Crippen LogP contribution in [0, 0.1) is 0 Å². The summed E-state index contributed by atoms with van der Waals surface area (Å²) in [5.74, 6) is -0.448. The Morgan fingerprint density at radius 2 is 2.07 bits per heavy atom. The summed E-state index contributed by atoms with van der Waals surface area (Å²) in [7, 11) is 0. The molecule has 7 heteroatoms. The largest absolute Gasteiger partial charge is 0.463 e. The summed E-state index contributed by atoms with van der Waals surface area (Å²) < 4.78 is 7.42. The third-order valence-electron chi connectivity index (χ3n) is 4.54. The molecule has 1 aliphatic rings. The summed E-state index contributed by atoms with van der Waals surface area (Å²) in [6.45, 7) is 3.80. The van der Waals surface area contributed by atoms with Crippen LogP contribution in [0.25, 0.3) is 6.08 Å². The van der Waals surface area contributed by atoms with E-state index in [2.05, 4.69) is 9.98 Å². The molecule has 142 valence electrons. The van der Waals surface area contributed by atoms with Gasteiger partial charge in [0.25, 0.3) is 5.56 Å². The van der Waals surface area contributed by atoms with Gasteiger partial charge in [0.1, 0.15) is 0 Å². The van der Waals surface area contributed by atoms with Crippen molar-refractivity contribution in [3.8, 4) is 0 Å². The predicted octanol–water partition coefficient (Wildman–Crippen LogP) is 2.13. The molecule has 1 aliphatic heterocycles. The fraction of sp³-hybridized carbons (Fsp3) is 0.190. The number of thiazole rings is 1. The third kappa shape index (κ3) is 3.14. The van der Waals surface area contributed by atoms with Crippen LogP contribution in [0.1, 0.15) is 31.1 Å². The van der Waals surface area contributed by atoms with Crippen LogP contribution >= 0.6 is 11.3 Å². The molecule has 0 saturated carbocycles. The number of hydrogen-bond acceptors (Lipinski definition) is 5. The summed E-state index contributed by atoms with van der Waals surface area (Å²) in [6, 6.07) is 12.7. The van der Waals surface area contributed by atoms with Gasteiger partial charge in [0.2, 0.25) is 0 Å². The van der Waals surface area contributed by atoms with Crippen LogP contribution in [0.5, 0.6) is 0 Å². The molecule has 0 unspecified atom stereocenters. The van der Waals surface area contributed by atoms with Crippen molar-refractivity contribution >= 4 is 23.4 Å². The van der Waals surface area contributed by atoms with E-state index >= 15 is 0 Å². The number of nitrogens with zero attached hydrogens (tertiary/aromatic N) is 2. The van der Waals surface area contributed by atoms with Crippen LogP contribution in [-0.2, 0) is 9.53 Å². The average molecular weight is 393 g/mol. The second kappa shape index (κ2) is 7.44. The molecule has 0 spiro atoms. The zero-order valence-corrected chi connectivity index (χ0v) is 16.3. The van der Waals surface area contributed by atoms with Gasteiger partial charge in [-0.2, -0.15) is 0 Å². The van der Waals surface area contributed by atoms with E-state index in [1.54, 1.807) is 30.7 Å². The lowest BCUT2D eigenvalue weighted by atomic mass is 9.96. The smallest absolute Gasteiger partial charge is 0.338 e. The number of benzene rings is 1. The normalized spacial score (nSPS) is 16.6. The molecular weight excluding hydrogens is 374 g/mol. The molecule has 0 saturated heterocycles. The van der Waals surface area contributed by atoms with Gasteiger partial charge in [0.15, 0.2) is 4.80 Å². The Hall–Kier alpha value is -3.19. The van der Waals surface area contributed by atoms with Crippen LogP contribution in [0.4, 0.5) is 0 Å². The summed E-state index contributed by atoms with van der Waals surface area (Å²) in [5.41, 5.74) is 2.46. The highest BCUT2D eigenvalue weighted by Gasteiger charge is 2.33. The van der Waals surface area contributed by atoms with Crippen molar-refractivity contribution in [2.75, 3.05) is 6.61 Å². The lowest BCUT2D eigenvalue weighted by molar-refractivity contribution is -0.139. The molecule has 2 aromatic heterocycles. The summed E-state index contributed by atoms with van der Waals surface area (Å²) in [4.78, 5) is 34.2. The Morgan fingerprint density at radius 1 is 1.29 bits per heavy atom. The Bertz CT molecular complexity index is 1220. The molecule has 1 atom stereocenters. The van der Waals surface area contributed by atoms with Gasteiger partial charge in [-0.15, -0.1) is 0 Å². The molecule has 28 heavy (non-hydrogen) atoms. The number of hydrogen-bond donors (Lipinski definition) is 1. The molecule has 0 bridgehead atoms. The molecule has 0 aliphatic carbocycles. The highest BCUT2D eigenvalue weighted by atomic mass is 32.1. The van der Waals surface area contributed by atoms with Crippen molar-refractivity contribution in [2.45, 2.75) is 19.9 Å². The van der Waals surface area contributed by atoms with Crippen molar-refractivity contribution in [3.05, 3.63) is 90.9 Å². The second-order valence-corrected chi connectivity index (χ2v) is 7.35. The average Bonchev–Trinajstić information content (AvgIpc) is 3.30. The molecule has 6 nitrogen and oxygen atoms in total. The maximum absolute atomic E-state index is 13.2. The molecule has 4 rings (SSSR count). The SMILES string of the molecule is CCOC(=O)C1=C(C)N=c2s/c(=C/c3ccc[nH]3)c(=O)n2[C@H]1c1ccccc1. The number of aromatic amines is 1. The number of carbonyl (C=O) groups is 1. The molecule has 1 aromatic carbocycles. The Morgan fingerprint density at radius 3 is 2.75 bits per heavy atom. The zero-order valence-electron chi connectivity index (χ0n) is 15.5. The van der Waals surface area contributed by atoms with Crippen LogP contribution < -0.4 is 14.9 Å². The first-order valence-electron chi connectivity index (χ1n) is 8.98. The topological polar surface area (TPSA) is 76.4 Å². The first kappa shape index (κ1) is 18.2. The van der Waals surface area contributed by atoms with Crippen molar-refractivity contribution in [2.24, 2.45) is 4.99 Å². The van der Waals surface area contributed by atoms with Crippen molar-refractivity contribution in [1.29, 1.82) is 0 Å². The standard InChI is InChI=1S/C21H19N3O3S/c1-3-27-20(26)17-13(2)23-21-24(18(17)14-8-5-4-6-9-14)19(25)16(28-21)12-15-10-7-11-22-15/h4-12,18,22H,3H2,1-2H3/b16-12+/t18-/m0/s1. The number of aromatic nitrogens is 2. The minimum absolute atomic E-state index is 0.179. The van der Waals surface area contributed by atoms with Gasteiger partial charge >= 0.3 is 5.97 Å². The van der Waals surface area contributed by atoms with Crippen LogP contribution in [0.2, 0.25) is 0 Å². The van der Waals surface area contributed by atoms with Crippen molar-refractivity contribution < 1.29 is 9.53 Å². The van der Waals surface area contributed by atoms with Gasteiger partial charge in [-0.3, -0.25) is 9.36 Å². The summed E-state index contributed by atoms with van der Waals surface area (Å²) >= 11 is 1.31. The van der Waals surface area contributed by atoms with Gasteiger partial charge in [0, 0.05) is 11.9 Å². The molecule has 3 heterocycles. The molecule has 3 aromatic rings. The minimum Gasteiger partial charge on any atom is -0.463 e. The van der Waals surface area contributed by atoms with E-state index in [-0.39, 0.29) is 12.2 Å². The molecule has 0 amide bonds. The molecular formula is C21H19N3O3S. The van der Waals surface area contributed by atoms with E-state index in [1.165, 1.54) is 11.3 Å². The number of nitrogens with one attached hydrogen (secondary N) is 1. The maximum Gasteiger partial charge on any atom is 0.338 e. The number of fused-ring (bicyclic) bond motifs is 1. The number of rotatable bonds is 4. The fourth-order valence-electron chi connectivity index (χ4n) is 3.32. The predicted molar refractivity (Wildman–Crippen MR) is 108 cm³/mol. The Balaban J connectivity index is 1.97. The Kier molecular flexibility index (Phi) is 4.83. The van der Waals surface area contributed by atoms with Gasteiger partial charge in [-0.05, 0) is 37.6 Å². The highest BCUT2D eigenvalue weighted by molar-refractivity contribution is 7.07. The van der Waals surface area contributed by atoms with E-state index < -0.39 is 12.0 Å². The van der Waals surface area contributed by atoms with Gasteiger partial charge in [-0.1, -0.05) is 41.7 Å². The fourth-order valence-corrected chi connectivity index (χ4v) is 4.35. The van der Waals surface area contributed by atoms with Gasteiger partial charge < -0.3 is 9.72 Å². The van der Waals surface area contributed by atoms with E-state index in [1.807, 2.05) is 42.5 Å². The zero-order chi connectivity index (χ0) is 19.7. The number of H-pyrrole nitrogens is 1. The first-order valence-corrected chi connectivity index (χ1v) is 9.79. The summed E-state index contributed by atoms with van der Waals surface area (Å²) in [6.07, 6.45) is 3.61. The van der Waals surface area contributed by atoms with Crippen molar-refractivity contribution in [1.82, 2.24) is 9.55 Å². The lowest BCUT2D eigenvalue weighted by Gasteiger charge is -2.24. The van der Waals surface area contributed by atoms with Crippen LogP contribution in [-0.4, -0.2) is 22.1 Å². The van der Waals surface area contributed by atoms with E-state index in [9.17, 15) is 9.59 Å². The number of carbonyl (C=O) groups excluding carboxylic acids is 1. The third-order valence-corrected chi connectivity index (χ3v) is 5.52. The summed E-state index contributed by atoms with van der Waals surface area (Å²) in [5, 5.41) is 0. The first-order chi connectivity index (χ1) is 13.6. The molecule has 0 fully saturated rings. The maximum atomic E-state index is 13.2. The molecule has 1 N–H and O–H groups in total. The second-order valence-electron chi connectivity index (χ2n) is 6.34. The van der Waals surface area contributed by atoms with Crippen LogP contribution in [0.3, 0.4) is 0 Å². The van der Waals surface area contributed by atoms with E-state index in [4.69, 9.17) is 4.74 Å². The van der Waals surface area contributed by atoms with Crippen molar-refractivity contribution in [3.63, 3.8) is 0 Å². The van der Waals surface area contributed by atoms with Gasteiger partial charge in [0.05, 0.1) is 28.5 Å². The number of allylic oxidation sites excluding steroid dienone is 1. The number of ether oxygens (including phenoxy) is 1. The highest BCUT2D eigenvalue weighted by Crippen LogP contribution is 2.30.